The molecule has 0 aromatic carbocycles. The second-order valence-electron chi connectivity index (χ2n) is 6.23. The lowest BCUT2D eigenvalue weighted by Gasteiger charge is -2.40. The number of rotatable bonds is 3. The zero-order valence-electron chi connectivity index (χ0n) is 13.3. The maximum Gasteiger partial charge on any atom is 0.225 e. The molecule has 2 aliphatic rings. The van der Waals surface area contributed by atoms with E-state index >= 15 is 0 Å². The minimum absolute atomic E-state index is 0.246. The van der Waals surface area contributed by atoms with Gasteiger partial charge in [0.05, 0.1) is 13.2 Å². The van der Waals surface area contributed by atoms with E-state index in [1.165, 1.54) is 0 Å². The molecule has 2 saturated heterocycles. The van der Waals surface area contributed by atoms with Crippen LogP contribution >= 0.6 is 0 Å². The third-order valence-corrected chi connectivity index (χ3v) is 4.20. The van der Waals surface area contributed by atoms with E-state index in [4.69, 9.17) is 4.74 Å². The monoisotopic (exact) mass is 304 g/mol. The van der Waals surface area contributed by atoms with Crippen molar-refractivity contribution in [1.82, 2.24) is 20.2 Å². The molecule has 0 atom stereocenters. The molecule has 0 spiro atoms. The van der Waals surface area contributed by atoms with Crippen LogP contribution in [-0.2, 0) is 4.74 Å². The maximum atomic E-state index is 5.30. The summed E-state index contributed by atoms with van der Waals surface area (Å²) in [5.41, 5.74) is 0.246. The van der Waals surface area contributed by atoms with Gasteiger partial charge in [-0.25, -0.2) is 9.97 Å². The number of hydrogen-bond acceptors (Lipinski definition) is 5. The Morgan fingerprint density at radius 3 is 2.50 bits per heavy atom. The van der Waals surface area contributed by atoms with E-state index in [2.05, 4.69) is 37.0 Å². The van der Waals surface area contributed by atoms with Gasteiger partial charge in [-0.3, -0.25) is 4.99 Å². The molecule has 2 aliphatic heterocycles. The summed E-state index contributed by atoms with van der Waals surface area (Å²) in [5.74, 6) is 1.78. The van der Waals surface area contributed by atoms with Gasteiger partial charge in [0.25, 0.3) is 0 Å². The van der Waals surface area contributed by atoms with Gasteiger partial charge in [0.1, 0.15) is 0 Å². The lowest BCUT2D eigenvalue weighted by atomic mass is 9.89. The zero-order valence-corrected chi connectivity index (χ0v) is 13.3. The quantitative estimate of drug-likeness (QED) is 0.636. The lowest BCUT2D eigenvalue weighted by Crippen LogP contribution is -2.56. The van der Waals surface area contributed by atoms with Gasteiger partial charge in [0.15, 0.2) is 5.96 Å². The standard InChI is InChI=1S/C15H24N6O/c1-15(11-22-12-15)10-19-13(16-2)20-6-8-21(9-7-20)14-17-4-3-5-18-14/h3-5H,6-12H2,1-2H3,(H,16,19). The molecule has 7 heteroatoms. The predicted octanol–water partition coefficient (Wildman–Crippen LogP) is 0.211. The van der Waals surface area contributed by atoms with Crippen molar-refractivity contribution in [2.75, 3.05) is 57.9 Å². The normalized spacial score (nSPS) is 21.5. The van der Waals surface area contributed by atoms with Crippen LogP contribution in [0.3, 0.4) is 0 Å². The predicted molar refractivity (Wildman–Crippen MR) is 86.1 cm³/mol. The van der Waals surface area contributed by atoms with Crippen molar-refractivity contribution in [3.8, 4) is 0 Å². The molecular weight excluding hydrogens is 280 g/mol. The first kappa shape index (κ1) is 15.0. The molecule has 0 aliphatic carbocycles. The Labute approximate surface area is 131 Å². The Bertz CT molecular complexity index is 508. The molecule has 1 aromatic rings. The summed E-state index contributed by atoms with van der Waals surface area (Å²) >= 11 is 0. The van der Waals surface area contributed by atoms with Crippen molar-refractivity contribution < 1.29 is 4.74 Å². The molecule has 0 radical (unpaired) electrons. The lowest BCUT2D eigenvalue weighted by molar-refractivity contribution is -0.0972. The van der Waals surface area contributed by atoms with Crippen LogP contribution < -0.4 is 10.2 Å². The average Bonchev–Trinajstić information content (AvgIpc) is 2.55. The van der Waals surface area contributed by atoms with Gasteiger partial charge in [-0.2, -0.15) is 0 Å². The van der Waals surface area contributed by atoms with Crippen molar-refractivity contribution in [2.45, 2.75) is 6.92 Å². The van der Waals surface area contributed by atoms with Gasteiger partial charge >= 0.3 is 0 Å². The van der Waals surface area contributed by atoms with E-state index < -0.39 is 0 Å². The number of nitrogens with zero attached hydrogens (tertiary/aromatic N) is 5. The number of guanidine groups is 1. The first-order chi connectivity index (χ1) is 10.7. The van der Waals surface area contributed by atoms with Crippen LogP contribution in [0.1, 0.15) is 6.92 Å². The fourth-order valence-electron chi connectivity index (χ4n) is 2.75. The van der Waals surface area contributed by atoms with Crippen molar-refractivity contribution in [1.29, 1.82) is 0 Å². The smallest absolute Gasteiger partial charge is 0.225 e. The molecule has 0 saturated carbocycles. The van der Waals surface area contributed by atoms with Crippen LogP contribution in [0, 0.1) is 5.41 Å². The van der Waals surface area contributed by atoms with Crippen LogP contribution in [0.25, 0.3) is 0 Å². The van der Waals surface area contributed by atoms with Gasteiger partial charge in [0, 0.05) is 57.6 Å². The highest BCUT2D eigenvalue weighted by atomic mass is 16.5. The third kappa shape index (κ3) is 3.30. The SMILES string of the molecule is CN=C(NCC1(C)COC1)N1CCN(c2ncccn2)CC1. The van der Waals surface area contributed by atoms with E-state index in [0.29, 0.717) is 0 Å². The first-order valence-electron chi connectivity index (χ1n) is 7.75. The summed E-state index contributed by atoms with van der Waals surface area (Å²) in [6, 6.07) is 1.84. The Balaban J connectivity index is 1.51. The molecule has 3 rings (SSSR count). The molecule has 7 nitrogen and oxygen atoms in total. The molecule has 0 bridgehead atoms. The largest absolute Gasteiger partial charge is 0.380 e. The highest BCUT2D eigenvalue weighted by Crippen LogP contribution is 2.25. The van der Waals surface area contributed by atoms with Crippen molar-refractivity contribution in [3.63, 3.8) is 0 Å². The molecule has 120 valence electrons. The van der Waals surface area contributed by atoms with Gasteiger partial charge in [-0.1, -0.05) is 6.92 Å². The van der Waals surface area contributed by atoms with Crippen LogP contribution in [-0.4, -0.2) is 73.8 Å². The molecule has 0 amide bonds. The second kappa shape index (κ2) is 6.48. The molecule has 3 heterocycles. The van der Waals surface area contributed by atoms with Gasteiger partial charge < -0.3 is 19.9 Å². The number of nitrogens with one attached hydrogen (secondary N) is 1. The van der Waals surface area contributed by atoms with Crippen molar-refractivity contribution >= 4 is 11.9 Å². The number of aromatic nitrogens is 2. The summed E-state index contributed by atoms with van der Waals surface area (Å²) in [5, 5.41) is 3.48. The van der Waals surface area contributed by atoms with Gasteiger partial charge in [-0.15, -0.1) is 0 Å². The molecule has 0 unspecified atom stereocenters. The van der Waals surface area contributed by atoms with E-state index in [0.717, 1.165) is 57.8 Å². The summed E-state index contributed by atoms with van der Waals surface area (Å²) in [4.78, 5) is 17.6. The maximum absolute atomic E-state index is 5.30. The average molecular weight is 304 g/mol. The number of piperazine rings is 1. The van der Waals surface area contributed by atoms with E-state index in [1.54, 1.807) is 12.4 Å². The number of aliphatic imine (C=N–C) groups is 1. The first-order valence-corrected chi connectivity index (χ1v) is 7.75. The molecule has 1 N–H and O–H groups in total. The van der Waals surface area contributed by atoms with E-state index in [9.17, 15) is 0 Å². The molecule has 22 heavy (non-hydrogen) atoms. The molecule has 2 fully saturated rings. The summed E-state index contributed by atoms with van der Waals surface area (Å²) in [6.45, 7) is 8.46. The second-order valence-corrected chi connectivity index (χ2v) is 6.23. The topological polar surface area (TPSA) is 65.9 Å². The summed E-state index contributed by atoms with van der Waals surface area (Å²) in [7, 11) is 1.84. The fraction of sp³-hybridized carbons (Fsp3) is 0.667. The summed E-state index contributed by atoms with van der Waals surface area (Å²) < 4.78 is 5.30. The van der Waals surface area contributed by atoms with Crippen LogP contribution in [0.4, 0.5) is 5.95 Å². The summed E-state index contributed by atoms with van der Waals surface area (Å²) in [6.07, 6.45) is 3.58. The number of ether oxygens (including phenoxy) is 1. The van der Waals surface area contributed by atoms with Crippen LogP contribution in [0.15, 0.2) is 23.5 Å². The van der Waals surface area contributed by atoms with Crippen LogP contribution in [0.5, 0.6) is 0 Å². The highest BCUT2D eigenvalue weighted by Gasteiger charge is 2.33. The van der Waals surface area contributed by atoms with Gasteiger partial charge in [-0.05, 0) is 6.07 Å². The highest BCUT2D eigenvalue weighted by molar-refractivity contribution is 5.80. The fourth-order valence-corrected chi connectivity index (χ4v) is 2.75. The number of anilines is 1. The Morgan fingerprint density at radius 1 is 1.27 bits per heavy atom. The Morgan fingerprint density at radius 2 is 1.95 bits per heavy atom. The third-order valence-electron chi connectivity index (χ3n) is 4.20. The Hall–Kier alpha value is -1.89. The zero-order chi connectivity index (χ0) is 15.4. The van der Waals surface area contributed by atoms with E-state index in [1.807, 2.05) is 13.1 Å². The van der Waals surface area contributed by atoms with E-state index in [-0.39, 0.29) is 5.41 Å². The molecule has 1 aromatic heterocycles. The van der Waals surface area contributed by atoms with Crippen molar-refractivity contribution in [3.05, 3.63) is 18.5 Å². The van der Waals surface area contributed by atoms with Gasteiger partial charge in [0.2, 0.25) is 5.95 Å². The Kier molecular flexibility index (Phi) is 4.42. The minimum atomic E-state index is 0.246. The van der Waals surface area contributed by atoms with Crippen LogP contribution in [0.2, 0.25) is 0 Å². The van der Waals surface area contributed by atoms with Crippen molar-refractivity contribution in [2.24, 2.45) is 10.4 Å². The minimum Gasteiger partial charge on any atom is -0.380 e. The molecular formula is C15H24N6O. The number of hydrogen-bond donors (Lipinski definition) is 1.